The number of carbonyl (C=O) groups excluding carboxylic acids is 1. The number of ether oxygens (including phenoxy) is 1. The first-order chi connectivity index (χ1) is 14.2. The number of hydrogen-bond donors (Lipinski definition) is 1. The molecule has 0 heterocycles. The molecule has 0 spiro atoms. The van der Waals surface area contributed by atoms with E-state index in [0.717, 1.165) is 25.8 Å². The van der Waals surface area contributed by atoms with Crippen molar-refractivity contribution in [3.8, 4) is 0 Å². The van der Waals surface area contributed by atoms with Crippen molar-refractivity contribution in [3.63, 3.8) is 0 Å². The number of unbranched alkanes of at least 4 members (excludes halogenated alkanes) is 12. The molecule has 1 aliphatic carbocycles. The van der Waals surface area contributed by atoms with Gasteiger partial charge in [0.05, 0.1) is 0 Å². The average Bonchev–Trinajstić information content (AvgIpc) is 2.70. The minimum atomic E-state index is -0.153. The maximum atomic E-state index is 11.6. The van der Waals surface area contributed by atoms with E-state index in [1.807, 2.05) is 0 Å². The van der Waals surface area contributed by atoms with E-state index < -0.39 is 0 Å². The molecule has 1 aliphatic rings. The van der Waals surface area contributed by atoms with Crippen LogP contribution in [-0.4, -0.2) is 24.7 Å². The van der Waals surface area contributed by atoms with E-state index in [4.69, 9.17) is 4.74 Å². The zero-order valence-corrected chi connectivity index (χ0v) is 19.8. The first-order valence-electron chi connectivity index (χ1n) is 12.8. The van der Waals surface area contributed by atoms with Gasteiger partial charge in [-0.1, -0.05) is 90.6 Å². The minimum Gasteiger partial charge on any atom is -0.456 e. The molecule has 1 N–H and O–H groups in total. The molecule has 0 bridgehead atoms. The molecule has 0 amide bonds. The van der Waals surface area contributed by atoms with Crippen LogP contribution in [0.5, 0.6) is 0 Å². The Labute approximate surface area is 181 Å². The van der Waals surface area contributed by atoms with Gasteiger partial charge in [-0.05, 0) is 50.6 Å². The van der Waals surface area contributed by atoms with Crippen LogP contribution in [0.15, 0.2) is 11.6 Å². The number of hydrogen-bond acceptors (Lipinski definition) is 3. The first kappa shape index (κ1) is 26.2. The van der Waals surface area contributed by atoms with E-state index in [-0.39, 0.29) is 12.1 Å². The van der Waals surface area contributed by atoms with Crippen molar-refractivity contribution in [2.24, 2.45) is 0 Å². The van der Waals surface area contributed by atoms with Crippen molar-refractivity contribution in [3.05, 3.63) is 11.6 Å². The van der Waals surface area contributed by atoms with Gasteiger partial charge < -0.3 is 10.1 Å². The summed E-state index contributed by atoms with van der Waals surface area (Å²) >= 11 is 0. The van der Waals surface area contributed by atoms with Crippen LogP contribution >= 0.6 is 0 Å². The third-order valence-electron chi connectivity index (χ3n) is 6.16. The lowest BCUT2D eigenvalue weighted by Crippen LogP contribution is -2.45. The molecule has 0 aliphatic heterocycles. The summed E-state index contributed by atoms with van der Waals surface area (Å²) in [5.74, 6) is -0.153. The van der Waals surface area contributed by atoms with E-state index >= 15 is 0 Å². The number of nitrogens with one attached hydrogen (secondary N) is 1. The number of allylic oxidation sites excluding steroid dienone is 1. The monoisotopic (exact) mass is 407 g/mol. The number of esters is 1. The van der Waals surface area contributed by atoms with Crippen molar-refractivity contribution in [2.45, 2.75) is 142 Å². The van der Waals surface area contributed by atoms with Gasteiger partial charge in [-0.2, -0.15) is 0 Å². The Kier molecular flexibility index (Phi) is 16.2. The van der Waals surface area contributed by atoms with Crippen molar-refractivity contribution in [1.29, 1.82) is 0 Å². The summed E-state index contributed by atoms with van der Waals surface area (Å²) in [5.41, 5.74) is 1.35. The fourth-order valence-electron chi connectivity index (χ4n) is 4.40. The zero-order valence-electron chi connectivity index (χ0n) is 19.8. The van der Waals surface area contributed by atoms with Gasteiger partial charge in [0, 0.05) is 13.0 Å². The van der Waals surface area contributed by atoms with Crippen molar-refractivity contribution >= 4 is 5.97 Å². The second-order valence-corrected chi connectivity index (χ2v) is 8.94. The molecular formula is C26H49NO2. The molecule has 0 unspecified atom stereocenters. The second kappa shape index (κ2) is 18.0. The Morgan fingerprint density at radius 2 is 1.52 bits per heavy atom. The third kappa shape index (κ3) is 13.2. The second-order valence-electron chi connectivity index (χ2n) is 8.94. The average molecular weight is 408 g/mol. The molecule has 1 saturated carbocycles. The van der Waals surface area contributed by atoms with Gasteiger partial charge in [0.25, 0.3) is 0 Å². The normalized spacial score (nSPS) is 20.9. The van der Waals surface area contributed by atoms with E-state index in [2.05, 4.69) is 25.2 Å². The first-order valence-corrected chi connectivity index (χ1v) is 12.8. The van der Waals surface area contributed by atoms with Crippen LogP contribution in [0.2, 0.25) is 0 Å². The highest BCUT2D eigenvalue weighted by atomic mass is 16.5. The van der Waals surface area contributed by atoms with Gasteiger partial charge >= 0.3 is 5.97 Å². The Balaban J connectivity index is 2.23. The van der Waals surface area contributed by atoms with E-state index in [1.54, 1.807) is 6.92 Å². The van der Waals surface area contributed by atoms with Gasteiger partial charge in [-0.25, -0.2) is 0 Å². The highest BCUT2D eigenvalue weighted by Gasteiger charge is 2.30. The van der Waals surface area contributed by atoms with E-state index in [9.17, 15) is 4.79 Å². The molecule has 0 aromatic rings. The fourth-order valence-corrected chi connectivity index (χ4v) is 4.40. The van der Waals surface area contributed by atoms with Crippen LogP contribution in [0.4, 0.5) is 0 Å². The lowest BCUT2D eigenvalue weighted by molar-refractivity contribution is -0.146. The van der Waals surface area contributed by atoms with Crippen molar-refractivity contribution < 1.29 is 9.53 Å². The molecule has 3 heteroatoms. The summed E-state index contributed by atoms with van der Waals surface area (Å²) in [4.78, 5) is 11.6. The molecule has 1 rings (SSSR count). The summed E-state index contributed by atoms with van der Waals surface area (Å²) in [7, 11) is 0. The minimum absolute atomic E-state index is 0.0502. The van der Waals surface area contributed by atoms with Gasteiger partial charge in [0.2, 0.25) is 0 Å². The molecule has 0 saturated heterocycles. The van der Waals surface area contributed by atoms with Crippen LogP contribution in [-0.2, 0) is 9.53 Å². The summed E-state index contributed by atoms with van der Waals surface area (Å²) in [6.45, 7) is 7.05. The molecule has 2 atom stereocenters. The summed E-state index contributed by atoms with van der Waals surface area (Å²) < 4.78 is 5.73. The molecule has 170 valence electrons. The Morgan fingerprint density at radius 1 is 0.931 bits per heavy atom. The van der Waals surface area contributed by atoms with Crippen LogP contribution < -0.4 is 5.32 Å². The highest BCUT2D eigenvalue weighted by molar-refractivity contribution is 5.66. The van der Waals surface area contributed by atoms with Crippen LogP contribution in [0.25, 0.3) is 0 Å². The topological polar surface area (TPSA) is 38.3 Å². The van der Waals surface area contributed by atoms with Gasteiger partial charge in [0.15, 0.2) is 0 Å². The number of rotatable bonds is 17. The smallest absolute Gasteiger partial charge is 0.303 e. The Morgan fingerprint density at radius 3 is 2.10 bits per heavy atom. The summed E-state index contributed by atoms with van der Waals surface area (Å²) in [6.07, 6.45) is 24.4. The molecule has 0 radical (unpaired) electrons. The zero-order chi connectivity index (χ0) is 21.2. The SMILES string of the molecule is CCCCCCCCCCCCC/C=C1/CCC[C@@H](NCCCC)[C@@H]1OC(C)=O. The molecular weight excluding hydrogens is 358 g/mol. The van der Waals surface area contributed by atoms with Crippen LogP contribution in [0.1, 0.15) is 130 Å². The van der Waals surface area contributed by atoms with Crippen LogP contribution in [0.3, 0.4) is 0 Å². The fraction of sp³-hybridized carbons (Fsp3) is 0.885. The summed E-state index contributed by atoms with van der Waals surface area (Å²) in [6, 6.07) is 0.294. The van der Waals surface area contributed by atoms with Gasteiger partial charge in [0.1, 0.15) is 6.10 Å². The largest absolute Gasteiger partial charge is 0.456 e. The quantitative estimate of drug-likeness (QED) is 0.154. The molecule has 29 heavy (non-hydrogen) atoms. The summed E-state index contributed by atoms with van der Waals surface area (Å²) in [5, 5.41) is 3.64. The predicted molar refractivity (Wildman–Crippen MR) is 125 cm³/mol. The standard InChI is InChI=1S/C26H49NO2/c1-4-6-8-9-10-11-12-13-14-15-16-17-19-24-20-18-21-25(27-22-7-5-2)26(24)29-23(3)28/h19,25-27H,4-18,20-22H2,1-3H3/b24-19-/t25-,26-/m1/s1. The van der Waals surface area contributed by atoms with Crippen LogP contribution in [0, 0.1) is 0 Å². The predicted octanol–water partition coefficient (Wildman–Crippen LogP) is 7.49. The molecule has 0 aromatic carbocycles. The highest BCUT2D eigenvalue weighted by Crippen LogP contribution is 2.28. The molecule has 3 nitrogen and oxygen atoms in total. The van der Waals surface area contributed by atoms with Gasteiger partial charge in [-0.15, -0.1) is 0 Å². The van der Waals surface area contributed by atoms with Crippen molar-refractivity contribution in [1.82, 2.24) is 5.32 Å². The molecule has 0 aromatic heterocycles. The Bertz CT molecular complexity index is 432. The number of carbonyl (C=O) groups is 1. The lowest BCUT2D eigenvalue weighted by Gasteiger charge is -2.34. The van der Waals surface area contributed by atoms with E-state index in [0.29, 0.717) is 6.04 Å². The third-order valence-corrected chi connectivity index (χ3v) is 6.16. The van der Waals surface area contributed by atoms with Crippen molar-refractivity contribution in [2.75, 3.05) is 6.54 Å². The maximum absolute atomic E-state index is 11.6. The maximum Gasteiger partial charge on any atom is 0.303 e. The van der Waals surface area contributed by atoms with E-state index in [1.165, 1.54) is 95.5 Å². The lowest BCUT2D eigenvalue weighted by atomic mass is 9.86. The van der Waals surface area contributed by atoms with Gasteiger partial charge in [-0.3, -0.25) is 4.79 Å². The molecule has 1 fully saturated rings. The Hall–Kier alpha value is -0.830.